The summed E-state index contributed by atoms with van der Waals surface area (Å²) in [4.78, 5) is 0. The van der Waals surface area contributed by atoms with Gasteiger partial charge in [0.15, 0.2) is 4.34 Å². The van der Waals surface area contributed by atoms with Gasteiger partial charge in [0.05, 0.1) is 0 Å². The van der Waals surface area contributed by atoms with Crippen molar-refractivity contribution in [2.45, 2.75) is 4.34 Å². The fraction of sp³-hybridized carbons (Fsp3) is 0. The number of hydrogen-bond donors (Lipinski definition) is 2. The van der Waals surface area contributed by atoms with Crippen LogP contribution in [0.4, 0.5) is 5.69 Å². The van der Waals surface area contributed by atoms with Crippen LogP contribution in [-0.4, -0.2) is 10.2 Å². The molecule has 3 nitrogen and oxygen atoms in total. The molecule has 1 aromatic heterocycles. The van der Waals surface area contributed by atoms with Crippen molar-refractivity contribution in [3.05, 3.63) is 24.3 Å². The van der Waals surface area contributed by atoms with Gasteiger partial charge in [0.1, 0.15) is 5.01 Å². The number of anilines is 1. The van der Waals surface area contributed by atoms with Gasteiger partial charge in [0, 0.05) is 11.3 Å². The average molecular weight is 209 g/mol. The van der Waals surface area contributed by atoms with Crippen LogP contribution in [0.5, 0.6) is 0 Å². The summed E-state index contributed by atoms with van der Waals surface area (Å²) in [6, 6.07) is 7.55. The van der Waals surface area contributed by atoms with E-state index in [1.807, 2.05) is 24.3 Å². The van der Waals surface area contributed by atoms with Gasteiger partial charge in [-0.3, -0.25) is 0 Å². The van der Waals surface area contributed by atoms with Crippen LogP contribution < -0.4 is 5.73 Å². The molecule has 0 saturated carbocycles. The zero-order chi connectivity index (χ0) is 9.26. The summed E-state index contributed by atoms with van der Waals surface area (Å²) in [6.45, 7) is 0. The Kier molecular flexibility index (Phi) is 2.20. The minimum Gasteiger partial charge on any atom is -0.399 e. The smallest absolute Gasteiger partial charge is 0.171 e. The quantitative estimate of drug-likeness (QED) is 0.558. The van der Waals surface area contributed by atoms with Gasteiger partial charge in [-0.15, -0.1) is 22.8 Å². The van der Waals surface area contributed by atoms with Crippen molar-refractivity contribution in [1.82, 2.24) is 10.2 Å². The number of nitrogens with zero attached hydrogens (tertiary/aromatic N) is 2. The van der Waals surface area contributed by atoms with Crippen LogP contribution in [0.15, 0.2) is 28.6 Å². The molecule has 2 N–H and O–H groups in total. The lowest BCUT2D eigenvalue weighted by Gasteiger charge is -1.95. The van der Waals surface area contributed by atoms with Crippen LogP contribution in [0.3, 0.4) is 0 Å². The highest BCUT2D eigenvalue weighted by molar-refractivity contribution is 7.82. The van der Waals surface area contributed by atoms with Gasteiger partial charge in [-0.1, -0.05) is 23.5 Å². The van der Waals surface area contributed by atoms with Crippen molar-refractivity contribution >= 4 is 29.7 Å². The molecule has 2 rings (SSSR count). The number of thiol groups is 1. The van der Waals surface area contributed by atoms with E-state index < -0.39 is 0 Å². The summed E-state index contributed by atoms with van der Waals surface area (Å²) in [5, 5.41) is 8.62. The fourth-order valence-corrected chi connectivity index (χ4v) is 1.89. The zero-order valence-electron chi connectivity index (χ0n) is 6.64. The lowest BCUT2D eigenvalue weighted by atomic mass is 10.2. The Bertz CT molecular complexity index is 425. The first-order chi connectivity index (χ1) is 6.25. The van der Waals surface area contributed by atoms with Crippen LogP contribution in [0.2, 0.25) is 0 Å². The fourth-order valence-electron chi connectivity index (χ4n) is 1.00. The van der Waals surface area contributed by atoms with Gasteiger partial charge in [-0.2, -0.15) is 0 Å². The van der Waals surface area contributed by atoms with E-state index in [0.717, 1.165) is 16.3 Å². The predicted octanol–water partition coefficient (Wildman–Crippen LogP) is 2.08. The largest absolute Gasteiger partial charge is 0.399 e. The molecule has 0 unspecified atom stereocenters. The molecule has 1 heterocycles. The van der Waals surface area contributed by atoms with Crippen LogP contribution in [0.1, 0.15) is 0 Å². The van der Waals surface area contributed by atoms with Gasteiger partial charge in [0.2, 0.25) is 0 Å². The average Bonchev–Trinajstić information content (AvgIpc) is 2.52. The lowest BCUT2D eigenvalue weighted by molar-refractivity contribution is 1.02. The van der Waals surface area contributed by atoms with E-state index in [1.165, 1.54) is 11.3 Å². The highest BCUT2D eigenvalue weighted by Crippen LogP contribution is 2.25. The van der Waals surface area contributed by atoms with E-state index in [4.69, 9.17) is 5.73 Å². The highest BCUT2D eigenvalue weighted by Gasteiger charge is 2.03. The Morgan fingerprint density at radius 2 is 2.15 bits per heavy atom. The third-order valence-electron chi connectivity index (χ3n) is 1.55. The van der Waals surface area contributed by atoms with Crippen molar-refractivity contribution in [3.63, 3.8) is 0 Å². The molecule has 0 amide bonds. The Labute approximate surface area is 85.0 Å². The van der Waals surface area contributed by atoms with Gasteiger partial charge < -0.3 is 5.73 Å². The molecule has 13 heavy (non-hydrogen) atoms. The number of rotatable bonds is 1. The normalized spacial score (nSPS) is 10.2. The molecule has 1 aromatic carbocycles. The van der Waals surface area contributed by atoms with Crippen LogP contribution in [0, 0.1) is 0 Å². The zero-order valence-corrected chi connectivity index (χ0v) is 8.35. The maximum atomic E-state index is 5.64. The highest BCUT2D eigenvalue weighted by atomic mass is 32.2. The van der Waals surface area contributed by atoms with Crippen molar-refractivity contribution in [3.8, 4) is 10.6 Å². The second kappa shape index (κ2) is 3.35. The summed E-state index contributed by atoms with van der Waals surface area (Å²) in [5.41, 5.74) is 7.35. The van der Waals surface area contributed by atoms with Crippen LogP contribution in [0.25, 0.3) is 10.6 Å². The van der Waals surface area contributed by atoms with E-state index in [0.29, 0.717) is 4.34 Å². The predicted molar refractivity (Wildman–Crippen MR) is 57.0 cm³/mol. The molecule has 0 saturated heterocycles. The number of benzene rings is 1. The Balaban J connectivity index is 2.46. The minimum absolute atomic E-state index is 0.664. The minimum atomic E-state index is 0.664. The summed E-state index contributed by atoms with van der Waals surface area (Å²) in [5.74, 6) is 0. The lowest BCUT2D eigenvalue weighted by Crippen LogP contribution is -1.84. The monoisotopic (exact) mass is 209 g/mol. The molecule has 0 radical (unpaired) electrons. The second-order valence-electron chi connectivity index (χ2n) is 2.52. The maximum Gasteiger partial charge on any atom is 0.171 e. The molecule has 66 valence electrons. The molecule has 0 atom stereocenters. The SMILES string of the molecule is Nc1cccc(-c2nnc(S)s2)c1. The summed E-state index contributed by atoms with van der Waals surface area (Å²) in [7, 11) is 0. The molecule has 0 aliphatic rings. The molecular weight excluding hydrogens is 202 g/mol. The van der Waals surface area contributed by atoms with Gasteiger partial charge in [0.25, 0.3) is 0 Å². The van der Waals surface area contributed by atoms with E-state index in [9.17, 15) is 0 Å². The molecule has 2 aromatic rings. The summed E-state index contributed by atoms with van der Waals surface area (Å²) < 4.78 is 0.664. The molecule has 0 fully saturated rings. The van der Waals surface area contributed by atoms with Crippen LogP contribution in [-0.2, 0) is 0 Å². The first-order valence-electron chi connectivity index (χ1n) is 3.64. The van der Waals surface area contributed by atoms with Gasteiger partial charge in [-0.25, -0.2) is 0 Å². The number of nitrogens with two attached hydrogens (primary N) is 1. The maximum absolute atomic E-state index is 5.64. The number of aromatic nitrogens is 2. The molecule has 0 aliphatic carbocycles. The topological polar surface area (TPSA) is 51.8 Å². The molecule has 0 aliphatic heterocycles. The first-order valence-corrected chi connectivity index (χ1v) is 4.90. The standard InChI is InChI=1S/C8H7N3S2/c9-6-3-1-2-5(4-6)7-10-11-8(12)13-7/h1-4H,9H2,(H,11,12). The Morgan fingerprint density at radius 1 is 1.31 bits per heavy atom. The van der Waals surface area contributed by atoms with Gasteiger partial charge >= 0.3 is 0 Å². The second-order valence-corrected chi connectivity index (χ2v) is 4.22. The van der Waals surface area contributed by atoms with E-state index >= 15 is 0 Å². The summed E-state index contributed by atoms with van der Waals surface area (Å²) >= 11 is 5.53. The summed E-state index contributed by atoms with van der Waals surface area (Å²) in [6.07, 6.45) is 0. The van der Waals surface area contributed by atoms with Crippen molar-refractivity contribution < 1.29 is 0 Å². The molecule has 5 heteroatoms. The Morgan fingerprint density at radius 3 is 2.77 bits per heavy atom. The van der Waals surface area contributed by atoms with Crippen molar-refractivity contribution in [1.29, 1.82) is 0 Å². The molecule has 0 spiro atoms. The van der Waals surface area contributed by atoms with Crippen LogP contribution >= 0.6 is 24.0 Å². The van der Waals surface area contributed by atoms with Gasteiger partial charge in [-0.05, 0) is 12.1 Å². The van der Waals surface area contributed by atoms with E-state index in [2.05, 4.69) is 22.8 Å². The number of nitrogen functional groups attached to an aromatic ring is 1. The number of hydrogen-bond acceptors (Lipinski definition) is 5. The Hall–Kier alpha value is -1.07. The first kappa shape index (κ1) is 8.52. The third-order valence-corrected chi connectivity index (χ3v) is 2.69. The van der Waals surface area contributed by atoms with Crippen molar-refractivity contribution in [2.75, 3.05) is 5.73 Å². The van der Waals surface area contributed by atoms with Crippen molar-refractivity contribution in [2.24, 2.45) is 0 Å². The molecule has 0 bridgehead atoms. The molecular formula is C8H7N3S2. The van der Waals surface area contributed by atoms with E-state index in [1.54, 1.807) is 0 Å². The van der Waals surface area contributed by atoms with E-state index in [-0.39, 0.29) is 0 Å². The third kappa shape index (κ3) is 1.81.